The Morgan fingerprint density at radius 3 is 2.55 bits per heavy atom. The van der Waals surface area contributed by atoms with Gasteiger partial charge in [0.05, 0.1) is 11.0 Å². The zero-order valence-electron chi connectivity index (χ0n) is 15.5. The van der Waals surface area contributed by atoms with Gasteiger partial charge in [0.15, 0.2) is 21.3 Å². The van der Waals surface area contributed by atoms with Crippen LogP contribution in [0.1, 0.15) is 27.7 Å². The molecule has 0 saturated carbocycles. The molecule has 0 aliphatic carbocycles. The van der Waals surface area contributed by atoms with Gasteiger partial charge in [-0.1, -0.05) is 65.3 Å². The number of rotatable bonds is 3. The maximum Gasteiger partial charge on any atom is 0.276 e. The molecule has 1 aliphatic rings. The Balaban J connectivity index is 1.55. The van der Waals surface area contributed by atoms with Crippen LogP contribution in [0.25, 0.3) is 11.3 Å². The van der Waals surface area contributed by atoms with Crippen molar-refractivity contribution in [2.45, 2.75) is 11.7 Å². The number of halogens is 1. The summed E-state index contributed by atoms with van der Waals surface area (Å²) in [5.74, 6) is 0.0224. The minimum atomic E-state index is -3.44. The number of amides is 1. The first-order valence-corrected chi connectivity index (χ1v) is 11.3. The molecule has 29 heavy (non-hydrogen) atoms. The first-order valence-electron chi connectivity index (χ1n) is 9.23. The topological polar surface area (TPSA) is 80.5 Å². The molecule has 3 aromatic rings. The van der Waals surface area contributed by atoms with E-state index in [0.717, 1.165) is 5.56 Å². The van der Waals surface area contributed by atoms with Crippen LogP contribution < -0.4 is 0 Å². The van der Waals surface area contributed by atoms with E-state index in [4.69, 9.17) is 16.1 Å². The predicted molar refractivity (Wildman–Crippen MR) is 110 cm³/mol. The first-order chi connectivity index (χ1) is 14.0. The summed E-state index contributed by atoms with van der Waals surface area (Å²) in [6, 6.07) is 17.9. The van der Waals surface area contributed by atoms with Gasteiger partial charge in [-0.05, 0) is 18.1 Å². The van der Waals surface area contributed by atoms with E-state index >= 15 is 0 Å². The number of benzene rings is 2. The summed E-state index contributed by atoms with van der Waals surface area (Å²) < 4.78 is 30.9. The van der Waals surface area contributed by atoms with E-state index in [2.05, 4.69) is 5.16 Å². The normalized spacial score (nSPS) is 18.9. The third-order valence-electron chi connectivity index (χ3n) is 5.07. The fourth-order valence-electron chi connectivity index (χ4n) is 3.51. The van der Waals surface area contributed by atoms with Crippen molar-refractivity contribution >= 4 is 27.3 Å². The van der Waals surface area contributed by atoms with Gasteiger partial charge in [-0.15, -0.1) is 0 Å². The van der Waals surface area contributed by atoms with Crippen LogP contribution in [-0.2, 0) is 9.84 Å². The Morgan fingerprint density at radius 2 is 1.79 bits per heavy atom. The van der Waals surface area contributed by atoms with Crippen LogP contribution in [0.2, 0.25) is 5.02 Å². The zero-order valence-corrected chi connectivity index (χ0v) is 17.1. The molecule has 2 heterocycles. The van der Waals surface area contributed by atoms with E-state index in [9.17, 15) is 13.2 Å². The largest absolute Gasteiger partial charge is 0.355 e. The molecule has 0 radical (unpaired) electrons. The summed E-state index contributed by atoms with van der Waals surface area (Å²) in [6.07, 6.45) is 0.279. The number of hydrogen-bond acceptors (Lipinski definition) is 5. The molecule has 1 atom stereocenters. The number of hydrogen-bond donors (Lipinski definition) is 0. The lowest BCUT2D eigenvalue weighted by Gasteiger charge is -2.18. The maximum atomic E-state index is 12.9. The molecule has 1 unspecified atom stereocenters. The second-order valence-corrected chi connectivity index (χ2v) is 9.61. The average Bonchev–Trinajstić information content (AvgIpc) is 3.16. The molecule has 0 bridgehead atoms. The monoisotopic (exact) mass is 430 g/mol. The van der Waals surface area contributed by atoms with Crippen LogP contribution in [0.3, 0.4) is 0 Å². The van der Waals surface area contributed by atoms with Gasteiger partial charge < -0.3 is 9.42 Å². The number of carbonyl (C=O) groups excluding carboxylic acids is 1. The fraction of sp³-hybridized carbons (Fsp3) is 0.238. The van der Waals surface area contributed by atoms with Crippen molar-refractivity contribution < 1.29 is 17.7 Å². The highest BCUT2D eigenvalue weighted by molar-refractivity contribution is 7.91. The molecule has 1 saturated heterocycles. The number of aromatic nitrogens is 1. The van der Waals surface area contributed by atoms with E-state index in [-0.39, 0.29) is 30.3 Å². The van der Waals surface area contributed by atoms with Crippen LogP contribution in [0.5, 0.6) is 0 Å². The Morgan fingerprint density at radius 1 is 1.07 bits per heavy atom. The van der Waals surface area contributed by atoms with E-state index < -0.39 is 15.1 Å². The van der Waals surface area contributed by atoms with Crippen molar-refractivity contribution in [2.75, 3.05) is 18.8 Å². The highest BCUT2D eigenvalue weighted by atomic mass is 35.5. The Labute approximate surface area is 174 Å². The van der Waals surface area contributed by atoms with E-state index in [0.29, 0.717) is 22.9 Å². The summed E-state index contributed by atoms with van der Waals surface area (Å²) in [6.45, 7) is 0.400. The van der Waals surface area contributed by atoms with Crippen molar-refractivity contribution in [1.82, 2.24) is 10.1 Å². The second-order valence-electron chi connectivity index (χ2n) is 6.90. The summed E-state index contributed by atoms with van der Waals surface area (Å²) in [5, 5.41) is 3.58. The summed E-state index contributed by atoms with van der Waals surface area (Å²) >= 11 is 6.23. The van der Waals surface area contributed by atoms with Gasteiger partial charge in [-0.3, -0.25) is 4.79 Å². The summed E-state index contributed by atoms with van der Waals surface area (Å²) in [4.78, 5) is 14.4. The number of sulfone groups is 1. The van der Waals surface area contributed by atoms with Crippen LogP contribution in [-0.4, -0.2) is 43.2 Å². The van der Waals surface area contributed by atoms with Crippen LogP contribution in [0, 0.1) is 0 Å². The molecule has 0 N–H and O–H groups in total. The van der Waals surface area contributed by atoms with Gasteiger partial charge in [0.2, 0.25) is 0 Å². The lowest BCUT2D eigenvalue weighted by Crippen LogP contribution is -2.33. The molecule has 2 aromatic carbocycles. The minimum absolute atomic E-state index is 0.107. The van der Waals surface area contributed by atoms with Crippen LogP contribution in [0.15, 0.2) is 65.2 Å². The van der Waals surface area contributed by atoms with E-state index in [1.165, 1.54) is 4.90 Å². The molecule has 0 spiro atoms. The highest BCUT2D eigenvalue weighted by Crippen LogP contribution is 2.34. The van der Waals surface area contributed by atoms with Gasteiger partial charge in [0.25, 0.3) is 5.91 Å². The Bertz CT molecular complexity index is 1130. The second kappa shape index (κ2) is 8.00. The smallest absolute Gasteiger partial charge is 0.276 e. The molecule has 8 heteroatoms. The molecule has 1 aliphatic heterocycles. The molecule has 1 amide bonds. The summed E-state index contributed by atoms with van der Waals surface area (Å²) in [7, 11) is -3.44. The maximum absolute atomic E-state index is 12.9. The quantitative estimate of drug-likeness (QED) is 0.627. The average molecular weight is 431 g/mol. The Kier molecular flexibility index (Phi) is 5.43. The lowest BCUT2D eigenvalue weighted by molar-refractivity contribution is 0.0756. The zero-order chi connectivity index (χ0) is 20.4. The fourth-order valence-corrected chi connectivity index (χ4v) is 5.66. The van der Waals surface area contributed by atoms with Crippen molar-refractivity contribution in [3.63, 3.8) is 0 Å². The van der Waals surface area contributed by atoms with Gasteiger partial charge in [0, 0.05) is 29.7 Å². The summed E-state index contributed by atoms with van der Waals surface area (Å²) in [5.41, 5.74) is 1.56. The standard InChI is InChI=1S/C21H19ClN2O4S/c22-17-9-5-4-8-16(17)20-10-11-24(12-13-29(20,26)27)21(25)18-14-19(28-23-18)15-6-2-1-3-7-15/h1-9,14,20H,10-13H2. The van der Waals surface area contributed by atoms with E-state index in [1.54, 1.807) is 30.3 Å². The lowest BCUT2D eigenvalue weighted by atomic mass is 10.1. The third kappa shape index (κ3) is 4.06. The minimum Gasteiger partial charge on any atom is -0.355 e. The van der Waals surface area contributed by atoms with Crippen molar-refractivity contribution in [3.05, 3.63) is 76.9 Å². The first kappa shape index (κ1) is 19.7. The molecule has 1 aromatic heterocycles. The molecular weight excluding hydrogens is 412 g/mol. The SMILES string of the molecule is O=C(c1cc(-c2ccccc2)on1)N1CCC(c2ccccc2Cl)S(=O)(=O)CC1. The van der Waals surface area contributed by atoms with Crippen LogP contribution >= 0.6 is 11.6 Å². The molecule has 4 rings (SSSR count). The van der Waals surface area contributed by atoms with Gasteiger partial charge in [-0.2, -0.15) is 0 Å². The molecule has 6 nitrogen and oxygen atoms in total. The molecule has 1 fully saturated rings. The highest BCUT2D eigenvalue weighted by Gasteiger charge is 2.34. The van der Waals surface area contributed by atoms with Crippen molar-refractivity contribution in [1.29, 1.82) is 0 Å². The molecular formula is C21H19ClN2O4S. The van der Waals surface area contributed by atoms with Crippen LogP contribution in [0.4, 0.5) is 0 Å². The number of nitrogens with zero attached hydrogens (tertiary/aromatic N) is 2. The van der Waals surface area contributed by atoms with Crippen molar-refractivity contribution in [2.24, 2.45) is 0 Å². The van der Waals surface area contributed by atoms with E-state index in [1.807, 2.05) is 30.3 Å². The number of carbonyl (C=O) groups is 1. The van der Waals surface area contributed by atoms with Crippen molar-refractivity contribution in [3.8, 4) is 11.3 Å². The third-order valence-corrected chi connectivity index (χ3v) is 7.52. The Hall–Kier alpha value is -2.64. The molecule has 150 valence electrons. The van der Waals surface area contributed by atoms with Gasteiger partial charge >= 0.3 is 0 Å². The predicted octanol–water partition coefficient (Wildman–Crippen LogP) is 4.00. The van der Waals surface area contributed by atoms with Gasteiger partial charge in [-0.25, -0.2) is 8.42 Å². The van der Waals surface area contributed by atoms with Gasteiger partial charge in [0.1, 0.15) is 0 Å².